The molecule has 4 aromatic heterocycles. The van der Waals surface area contributed by atoms with Crippen molar-refractivity contribution in [1.29, 1.82) is 0 Å². The van der Waals surface area contributed by atoms with E-state index in [0.29, 0.717) is 6.54 Å². The van der Waals surface area contributed by atoms with Gasteiger partial charge in [0.05, 0.1) is 21.2 Å². The number of benzene rings is 1. The molecule has 0 aliphatic carbocycles. The third kappa shape index (κ3) is 3.28. The number of aryl methyl sites for hydroxylation is 2. The molecule has 6 rings (SSSR count). The van der Waals surface area contributed by atoms with Crippen LogP contribution in [0.25, 0.3) is 21.9 Å². The standard InChI is InChI=1S/C25H22N6O2S/c1-16-3-4-17(2)29(16)23-10-12-34-25(23)21-13-24-26-14-18-15-28(11-9-22(18)30(24)27-21)19-5-7-20(8-6-19)31(32)33/h3-8,10,12-14H,9,11,15H2,1-2H3. The van der Waals surface area contributed by atoms with Gasteiger partial charge in [0, 0.05) is 66.5 Å². The summed E-state index contributed by atoms with van der Waals surface area (Å²) in [5, 5.41) is 18.1. The van der Waals surface area contributed by atoms with Gasteiger partial charge in [-0.15, -0.1) is 11.3 Å². The maximum atomic E-state index is 11.0. The van der Waals surface area contributed by atoms with Crippen LogP contribution in [-0.2, 0) is 13.0 Å². The topological polar surface area (TPSA) is 81.5 Å². The Balaban J connectivity index is 1.35. The normalized spacial score (nSPS) is 13.4. The van der Waals surface area contributed by atoms with Gasteiger partial charge in [-0.3, -0.25) is 10.1 Å². The van der Waals surface area contributed by atoms with Crippen molar-refractivity contribution in [2.75, 3.05) is 11.4 Å². The quantitative estimate of drug-likeness (QED) is 0.262. The highest BCUT2D eigenvalue weighted by Crippen LogP contribution is 2.34. The second-order valence-corrected chi connectivity index (χ2v) is 9.48. The van der Waals surface area contributed by atoms with Gasteiger partial charge in [-0.25, -0.2) is 9.50 Å². The summed E-state index contributed by atoms with van der Waals surface area (Å²) in [7, 11) is 0. The second kappa shape index (κ2) is 7.81. The Bertz CT molecular complexity index is 1530. The van der Waals surface area contributed by atoms with Gasteiger partial charge < -0.3 is 9.47 Å². The van der Waals surface area contributed by atoms with Gasteiger partial charge in [0.15, 0.2) is 5.65 Å². The number of rotatable bonds is 4. The summed E-state index contributed by atoms with van der Waals surface area (Å²) in [6.45, 7) is 5.74. The summed E-state index contributed by atoms with van der Waals surface area (Å²) in [4.78, 5) is 18.6. The molecule has 1 aromatic carbocycles. The average molecular weight is 471 g/mol. The molecular weight excluding hydrogens is 448 g/mol. The zero-order valence-corrected chi connectivity index (χ0v) is 19.6. The molecule has 0 spiro atoms. The van der Waals surface area contributed by atoms with E-state index < -0.39 is 0 Å². The molecule has 0 saturated carbocycles. The van der Waals surface area contributed by atoms with Gasteiger partial charge in [-0.1, -0.05) is 0 Å². The molecule has 0 N–H and O–H groups in total. The Morgan fingerprint density at radius 3 is 2.56 bits per heavy atom. The zero-order valence-electron chi connectivity index (χ0n) is 18.8. The van der Waals surface area contributed by atoms with E-state index in [0.717, 1.165) is 46.1 Å². The summed E-state index contributed by atoms with van der Waals surface area (Å²) in [6, 6.07) is 15.2. The predicted octanol–water partition coefficient (Wildman–Crippen LogP) is 5.34. The zero-order chi connectivity index (χ0) is 23.4. The highest BCUT2D eigenvalue weighted by atomic mass is 32.1. The molecule has 0 atom stereocenters. The van der Waals surface area contributed by atoms with Crippen molar-refractivity contribution in [2.24, 2.45) is 0 Å². The predicted molar refractivity (Wildman–Crippen MR) is 133 cm³/mol. The van der Waals surface area contributed by atoms with Crippen molar-refractivity contribution in [3.63, 3.8) is 0 Å². The number of fused-ring (bicyclic) bond motifs is 3. The van der Waals surface area contributed by atoms with E-state index in [1.807, 2.05) is 22.8 Å². The van der Waals surface area contributed by atoms with Crippen molar-refractivity contribution in [2.45, 2.75) is 26.8 Å². The molecule has 5 aromatic rings. The minimum Gasteiger partial charge on any atom is -0.367 e. The third-order valence-corrected chi connectivity index (χ3v) is 7.39. The fraction of sp³-hybridized carbons (Fsp3) is 0.200. The lowest BCUT2D eigenvalue weighted by atomic mass is 10.1. The fourth-order valence-corrected chi connectivity index (χ4v) is 5.61. The van der Waals surface area contributed by atoms with Crippen LogP contribution in [0.2, 0.25) is 0 Å². The molecule has 0 bridgehead atoms. The highest BCUT2D eigenvalue weighted by molar-refractivity contribution is 7.14. The van der Waals surface area contributed by atoms with Crippen LogP contribution in [0.1, 0.15) is 22.6 Å². The van der Waals surface area contributed by atoms with Gasteiger partial charge in [0.25, 0.3) is 5.69 Å². The monoisotopic (exact) mass is 470 g/mol. The lowest BCUT2D eigenvalue weighted by molar-refractivity contribution is -0.384. The number of nitro groups is 1. The summed E-state index contributed by atoms with van der Waals surface area (Å²) in [5.74, 6) is 0. The molecule has 0 saturated heterocycles. The first-order valence-corrected chi connectivity index (χ1v) is 12.0. The van der Waals surface area contributed by atoms with Crippen LogP contribution in [0.4, 0.5) is 11.4 Å². The maximum Gasteiger partial charge on any atom is 0.269 e. The average Bonchev–Trinajstić information content (AvgIpc) is 3.56. The van der Waals surface area contributed by atoms with E-state index in [4.69, 9.17) is 10.1 Å². The molecule has 1 aliphatic rings. The number of nitrogens with zero attached hydrogens (tertiary/aromatic N) is 6. The Kier molecular flexibility index (Phi) is 4.73. The Morgan fingerprint density at radius 2 is 1.82 bits per heavy atom. The van der Waals surface area contributed by atoms with Crippen LogP contribution in [0.5, 0.6) is 0 Å². The van der Waals surface area contributed by atoms with Crippen molar-refractivity contribution in [3.8, 4) is 16.3 Å². The first-order chi connectivity index (χ1) is 16.5. The first-order valence-electron chi connectivity index (χ1n) is 11.1. The Labute approximate surface area is 199 Å². The number of aromatic nitrogens is 4. The van der Waals surface area contributed by atoms with Gasteiger partial charge in [0.2, 0.25) is 0 Å². The van der Waals surface area contributed by atoms with Gasteiger partial charge in [-0.2, -0.15) is 5.10 Å². The fourth-order valence-electron chi connectivity index (χ4n) is 4.78. The number of hydrogen-bond acceptors (Lipinski definition) is 6. The molecule has 0 radical (unpaired) electrons. The van der Waals surface area contributed by atoms with E-state index in [1.165, 1.54) is 17.1 Å². The van der Waals surface area contributed by atoms with Crippen LogP contribution in [0, 0.1) is 24.0 Å². The lowest BCUT2D eigenvalue weighted by Crippen LogP contribution is -2.32. The van der Waals surface area contributed by atoms with Crippen molar-refractivity contribution in [1.82, 2.24) is 19.2 Å². The van der Waals surface area contributed by atoms with E-state index in [9.17, 15) is 10.1 Å². The van der Waals surface area contributed by atoms with Crippen LogP contribution >= 0.6 is 11.3 Å². The summed E-state index contributed by atoms with van der Waals surface area (Å²) >= 11 is 1.69. The van der Waals surface area contributed by atoms with E-state index >= 15 is 0 Å². The summed E-state index contributed by atoms with van der Waals surface area (Å²) < 4.78 is 4.25. The van der Waals surface area contributed by atoms with Crippen LogP contribution in [-0.4, -0.2) is 30.6 Å². The largest absolute Gasteiger partial charge is 0.367 e. The van der Waals surface area contributed by atoms with E-state index in [2.05, 4.69) is 53.0 Å². The van der Waals surface area contributed by atoms with Gasteiger partial charge in [0.1, 0.15) is 5.69 Å². The minimum atomic E-state index is -0.372. The molecule has 0 fully saturated rings. The van der Waals surface area contributed by atoms with Gasteiger partial charge in [-0.05, 0) is 49.6 Å². The molecule has 0 amide bonds. The Hall–Kier alpha value is -3.98. The number of non-ortho nitro benzene ring substituents is 1. The Morgan fingerprint density at radius 1 is 1.06 bits per heavy atom. The minimum absolute atomic E-state index is 0.104. The second-order valence-electron chi connectivity index (χ2n) is 8.56. The molecule has 8 nitrogen and oxygen atoms in total. The van der Waals surface area contributed by atoms with Crippen LogP contribution in [0.15, 0.2) is 60.1 Å². The summed E-state index contributed by atoms with van der Waals surface area (Å²) in [5.41, 5.74) is 8.67. The maximum absolute atomic E-state index is 11.0. The smallest absolute Gasteiger partial charge is 0.269 e. The SMILES string of the molecule is Cc1ccc(C)n1-c1ccsc1-c1cc2ncc3c(n2n1)CCN(c1ccc([N+](=O)[O-])cc1)C3. The molecule has 9 heteroatoms. The molecule has 0 unspecified atom stereocenters. The molecule has 1 aliphatic heterocycles. The number of nitro benzene ring substituents is 1. The third-order valence-electron chi connectivity index (χ3n) is 6.46. The first kappa shape index (κ1) is 20.6. The molecule has 170 valence electrons. The van der Waals surface area contributed by atoms with E-state index in [1.54, 1.807) is 23.5 Å². The number of anilines is 1. The molecule has 5 heterocycles. The number of thiophene rings is 1. The van der Waals surface area contributed by atoms with Crippen molar-refractivity contribution < 1.29 is 4.92 Å². The van der Waals surface area contributed by atoms with E-state index in [-0.39, 0.29) is 10.6 Å². The molecular formula is C25H22N6O2S. The van der Waals surface area contributed by atoms with Gasteiger partial charge >= 0.3 is 0 Å². The highest BCUT2D eigenvalue weighted by Gasteiger charge is 2.22. The van der Waals surface area contributed by atoms with Crippen LogP contribution in [0.3, 0.4) is 0 Å². The van der Waals surface area contributed by atoms with Crippen molar-refractivity contribution >= 4 is 28.4 Å². The van der Waals surface area contributed by atoms with Crippen molar-refractivity contribution in [3.05, 3.63) is 92.9 Å². The van der Waals surface area contributed by atoms with Crippen LogP contribution < -0.4 is 4.90 Å². The number of hydrogen-bond donors (Lipinski definition) is 0. The molecule has 34 heavy (non-hydrogen) atoms. The lowest BCUT2D eigenvalue weighted by Gasteiger charge is -2.30. The summed E-state index contributed by atoms with van der Waals surface area (Å²) in [6.07, 6.45) is 2.75.